The third-order valence-corrected chi connectivity index (χ3v) is 5.97. The normalized spacial score (nSPS) is 15.0. The highest BCUT2D eigenvalue weighted by Crippen LogP contribution is 2.43. The van der Waals surface area contributed by atoms with Crippen LogP contribution in [0.3, 0.4) is 0 Å². The number of hydrogen-bond acceptors (Lipinski definition) is 6. The molecule has 0 amide bonds. The molecular weight excluding hydrogens is 440 g/mol. The van der Waals surface area contributed by atoms with Crippen LogP contribution in [0.2, 0.25) is 0 Å². The summed E-state index contributed by atoms with van der Waals surface area (Å²) in [6.07, 6.45) is 0. The summed E-state index contributed by atoms with van der Waals surface area (Å²) >= 11 is 0. The van der Waals surface area contributed by atoms with E-state index in [2.05, 4.69) is 39.0 Å². The van der Waals surface area contributed by atoms with Crippen molar-refractivity contribution < 1.29 is 19.0 Å². The first kappa shape index (κ1) is 23.9. The third-order valence-electron chi connectivity index (χ3n) is 5.97. The average Bonchev–Trinajstić information content (AvgIpc) is 2.82. The van der Waals surface area contributed by atoms with Gasteiger partial charge in [-0.1, -0.05) is 69.3 Å². The Balaban J connectivity index is 1.56. The van der Waals surface area contributed by atoms with Gasteiger partial charge in [-0.15, -0.1) is 0 Å². The number of hydrogen-bond donors (Lipinski definition) is 1. The maximum atomic E-state index is 12.4. The second-order valence-corrected chi connectivity index (χ2v) is 9.52. The van der Waals surface area contributed by atoms with Gasteiger partial charge in [-0.2, -0.15) is 5.26 Å². The van der Waals surface area contributed by atoms with Crippen molar-refractivity contribution >= 4 is 5.97 Å². The minimum Gasteiger partial charge on any atom is -0.482 e. The molecule has 0 saturated heterocycles. The minimum atomic E-state index is -0.542. The molecule has 178 valence electrons. The van der Waals surface area contributed by atoms with Crippen LogP contribution in [0.1, 0.15) is 48.9 Å². The van der Waals surface area contributed by atoms with Crippen molar-refractivity contribution in [2.45, 2.75) is 39.0 Å². The van der Waals surface area contributed by atoms with Crippen molar-refractivity contribution in [3.8, 4) is 23.3 Å². The van der Waals surface area contributed by atoms with Gasteiger partial charge in [0.25, 0.3) is 0 Å². The zero-order chi connectivity index (χ0) is 25.2. The fraction of sp³-hybridized carbons (Fsp3) is 0.241. The molecule has 0 spiro atoms. The van der Waals surface area contributed by atoms with Crippen molar-refractivity contribution in [3.63, 3.8) is 0 Å². The predicted molar refractivity (Wildman–Crippen MR) is 133 cm³/mol. The maximum Gasteiger partial charge on any atom is 0.349 e. The van der Waals surface area contributed by atoms with Gasteiger partial charge >= 0.3 is 5.97 Å². The first-order valence-electron chi connectivity index (χ1n) is 11.4. The minimum absolute atomic E-state index is 0.0146. The molecule has 2 N–H and O–H groups in total. The first-order chi connectivity index (χ1) is 16.7. The Morgan fingerprint density at radius 1 is 1.09 bits per heavy atom. The summed E-state index contributed by atoms with van der Waals surface area (Å²) in [5.41, 5.74) is 10.3. The van der Waals surface area contributed by atoms with Crippen LogP contribution >= 0.6 is 0 Å². The van der Waals surface area contributed by atoms with Gasteiger partial charge in [0.15, 0.2) is 6.61 Å². The van der Waals surface area contributed by atoms with E-state index < -0.39 is 5.97 Å². The summed E-state index contributed by atoms with van der Waals surface area (Å²) in [6, 6.07) is 22.9. The number of carbonyl (C=O) groups excluding carboxylic acids is 1. The van der Waals surface area contributed by atoms with Gasteiger partial charge in [0.05, 0.1) is 5.92 Å². The number of para-hydroxylation sites is 1. The Morgan fingerprint density at radius 2 is 1.80 bits per heavy atom. The van der Waals surface area contributed by atoms with Gasteiger partial charge < -0.3 is 19.9 Å². The van der Waals surface area contributed by atoms with E-state index in [1.165, 1.54) is 5.56 Å². The zero-order valence-corrected chi connectivity index (χ0v) is 20.3. The van der Waals surface area contributed by atoms with E-state index in [4.69, 9.17) is 19.9 Å². The Morgan fingerprint density at radius 3 is 2.46 bits per heavy atom. The molecule has 4 rings (SSSR count). The molecule has 0 saturated carbocycles. The Labute approximate surface area is 205 Å². The molecular formula is C29H28N2O4. The number of nitrogens with two attached hydrogens (primary N) is 1. The number of allylic oxidation sites excluding steroid dienone is 1. The lowest BCUT2D eigenvalue weighted by Crippen LogP contribution is -2.22. The van der Waals surface area contributed by atoms with Crippen LogP contribution in [0.15, 0.2) is 78.2 Å². The predicted octanol–water partition coefficient (Wildman–Crippen LogP) is 5.50. The van der Waals surface area contributed by atoms with E-state index in [1.54, 1.807) is 24.3 Å². The van der Waals surface area contributed by atoms with Gasteiger partial charge in [-0.05, 0) is 41.2 Å². The van der Waals surface area contributed by atoms with Crippen molar-refractivity contribution in [3.05, 3.63) is 100 Å². The number of rotatable bonds is 5. The number of nitrogens with zero attached hydrogens (tertiary/aromatic N) is 1. The number of carbonyl (C=O) groups is 1. The van der Waals surface area contributed by atoms with Crippen LogP contribution in [-0.4, -0.2) is 12.6 Å². The van der Waals surface area contributed by atoms with Crippen molar-refractivity contribution in [2.75, 3.05) is 6.61 Å². The molecule has 6 nitrogen and oxygen atoms in total. The number of ether oxygens (including phenoxy) is 3. The summed E-state index contributed by atoms with van der Waals surface area (Å²) in [5, 5.41) is 9.80. The highest BCUT2D eigenvalue weighted by atomic mass is 16.6. The molecule has 3 aromatic rings. The Kier molecular flexibility index (Phi) is 6.52. The standard InChI is InChI=1S/C29H28N2O4/c1-18-7-5-6-8-24(18)33-17-26(32)34-21-13-14-22-25(15-21)35-28(31)23(16-30)27(22)19-9-11-20(12-10-19)29(2,3)4/h5-15,27H,17,31H2,1-4H3. The summed E-state index contributed by atoms with van der Waals surface area (Å²) in [7, 11) is 0. The first-order valence-corrected chi connectivity index (χ1v) is 11.4. The average molecular weight is 469 g/mol. The molecule has 0 aromatic heterocycles. The van der Waals surface area contributed by atoms with Crippen LogP contribution in [0.4, 0.5) is 0 Å². The summed E-state index contributed by atoms with van der Waals surface area (Å²) < 4.78 is 16.8. The highest BCUT2D eigenvalue weighted by Gasteiger charge is 2.31. The van der Waals surface area contributed by atoms with E-state index in [1.807, 2.05) is 37.3 Å². The second-order valence-electron chi connectivity index (χ2n) is 9.52. The molecule has 3 aromatic carbocycles. The molecule has 1 aliphatic rings. The molecule has 1 aliphatic heterocycles. The van der Waals surface area contributed by atoms with Crippen LogP contribution in [0.5, 0.6) is 17.2 Å². The summed E-state index contributed by atoms with van der Waals surface area (Å²) in [6.45, 7) is 8.13. The van der Waals surface area contributed by atoms with Gasteiger partial charge in [-0.3, -0.25) is 0 Å². The van der Waals surface area contributed by atoms with E-state index in [0.717, 1.165) is 16.7 Å². The summed E-state index contributed by atoms with van der Waals surface area (Å²) in [5.74, 6) is 0.483. The van der Waals surface area contributed by atoms with E-state index in [9.17, 15) is 10.1 Å². The molecule has 35 heavy (non-hydrogen) atoms. The number of fused-ring (bicyclic) bond motifs is 1. The number of nitriles is 1. The molecule has 0 fully saturated rings. The quantitative estimate of drug-likeness (QED) is 0.393. The summed E-state index contributed by atoms with van der Waals surface area (Å²) in [4.78, 5) is 12.4. The van der Waals surface area contributed by atoms with E-state index >= 15 is 0 Å². The van der Waals surface area contributed by atoms with Crippen molar-refractivity contribution in [1.82, 2.24) is 0 Å². The lowest BCUT2D eigenvalue weighted by Gasteiger charge is -2.27. The van der Waals surface area contributed by atoms with Crippen LogP contribution in [0.25, 0.3) is 0 Å². The fourth-order valence-electron chi connectivity index (χ4n) is 4.03. The van der Waals surface area contributed by atoms with Crippen LogP contribution in [0, 0.1) is 18.3 Å². The largest absolute Gasteiger partial charge is 0.482 e. The molecule has 1 heterocycles. The fourth-order valence-corrected chi connectivity index (χ4v) is 4.03. The lowest BCUT2D eigenvalue weighted by molar-refractivity contribution is -0.136. The maximum absolute atomic E-state index is 12.4. The highest BCUT2D eigenvalue weighted by molar-refractivity contribution is 5.74. The van der Waals surface area contributed by atoms with E-state index in [-0.39, 0.29) is 23.8 Å². The number of benzene rings is 3. The smallest absolute Gasteiger partial charge is 0.349 e. The van der Waals surface area contributed by atoms with Gasteiger partial charge in [-0.25, -0.2) is 4.79 Å². The number of aryl methyl sites for hydroxylation is 1. The topological polar surface area (TPSA) is 94.6 Å². The number of esters is 1. The lowest BCUT2D eigenvalue weighted by atomic mass is 9.81. The second kappa shape index (κ2) is 9.55. The molecule has 6 heteroatoms. The molecule has 0 bridgehead atoms. The monoisotopic (exact) mass is 468 g/mol. The van der Waals surface area contributed by atoms with Gasteiger partial charge in [0.2, 0.25) is 5.88 Å². The van der Waals surface area contributed by atoms with Crippen LogP contribution in [-0.2, 0) is 10.2 Å². The van der Waals surface area contributed by atoms with Crippen LogP contribution < -0.4 is 19.9 Å². The SMILES string of the molecule is Cc1ccccc1OCC(=O)Oc1ccc2c(c1)OC(N)=C(C#N)C2c1ccc(C(C)(C)C)cc1. The Hall–Kier alpha value is -4.24. The third kappa shape index (κ3) is 5.15. The molecule has 1 unspecified atom stereocenters. The van der Waals surface area contributed by atoms with Crippen molar-refractivity contribution in [2.24, 2.45) is 5.73 Å². The van der Waals surface area contributed by atoms with Gasteiger partial charge in [0, 0.05) is 11.6 Å². The van der Waals surface area contributed by atoms with Crippen molar-refractivity contribution in [1.29, 1.82) is 5.26 Å². The van der Waals surface area contributed by atoms with Gasteiger partial charge in [0.1, 0.15) is 28.9 Å². The van der Waals surface area contributed by atoms with E-state index in [0.29, 0.717) is 22.8 Å². The Bertz CT molecular complexity index is 1330. The molecule has 0 radical (unpaired) electrons. The molecule has 1 atom stereocenters. The molecule has 0 aliphatic carbocycles. The zero-order valence-electron chi connectivity index (χ0n) is 20.3.